The van der Waals surface area contributed by atoms with E-state index in [0.717, 1.165) is 0 Å². The molecule has 9 heteroatoms. The fourth-order valence-corrected chi connectivity index (χ4v) is 1.03. The maximum atomic E-state index is 12.3. The zero-order valence-electron chi connectivity index (χ0n) is 7.79. The first-order chi connectivity index (χ1) is 7.64. The van der Waals surface area contributed by atoms with Gasteiger partial charge >= 0.3 is 12.1 Å². The molecular weight excluding hydrogens is 253 g/mol. The SMILES string of the molecule is O=C(O)c1cc(C(F)F)nc(C(F)(F)F)c1O. The van der Waals surface area contributed by atoms with Crippen LogP contribution in [0.4, 0.5) is 22.0 Å². The molecule has 0 saturated carbocycles. The van der Waals surface area contributed by atoms with Crippen LogP contribution in [0.1, 0.15) is 28.2 Å². The summed E-state index contributed by atoms with van der Waals surface area (Å²) >= 11 is 0. The second-order valence-electron chi connectivity index (χ2n) is 2.90. The van der Waals surface area contributed by atoms with Crippen molar-refractivity contribution in [1.29, 1.82) is 0 Å². The maximum absolute atomic E-state index is 12.3. The summed E-state index contributed by atoms with van der Waals surface area (Å²) in [7, 11) is 0. The first kappa shape index (κ1) is 13.1. The number of carboxylic acids is 1. The van der Waals surface area contributed by atoms with Crippen molar-refractivity contribution in [3.8, 4) is 5.75 Å². The minimum atomic E-state index is -5.22. The average molecular weight is 257 g/mol. The monoisotopic (exact) mass is 257 g/mol. The molecule has 17 heavy (non-hydrogen) atoms. The number of aromatic hydroxyl groups is 1. The molecule has 0 amide bonds. The van der Waals surface area contributed by atoms with Gasteiger partial charge in [-0.25, -0.2) is 18.6 Å². The van der Waals surface area contributed by atoms with Gasteiger partial charge in [0.25, 0.3) is 6.43 Å². The molecule has 94 valence electrons. The molecule has 0 radical (unpaired) electrons. The van der Waals surface area contributed by atoms with Gasteiger partial charge in [0.2, 0.25) is 0 Å². The lowest BCUT2D eigenvalue weighted by Crippen LogP contribution is -2.13. The number of carboxylic acid groups (broad SMARTS) is 1. The predicted octanol–water partition coefficient (Wildman–Crippen LogP) is 2.44. The Kier molecular flexibility index (Phi) is 3.21. The van der Waals surface area contributed by atoms with Crippen LogP contribution in [0.2, 0.25) is 0 Å². The van der Waals surface area contributed by atoms with Gasteiger partial charge in [0, 0.05) is 0 Å². The number of aromatic nitrogens is 1. The minimum Gasteiger partial charge on any atom is -0.505 e. The number of hydrogen-bond acceptors (Lipinski definition) is 3. The number of alkyl halides is 5. The molecule has 1 rings (SSSR count). The molecule has 0 fully saturated rings. The molecule has 0 unspecified atom stereocenters. The first-order valence-electron chi connectivity index (χ1n) is 3.97. The van der Waals surface area contributed by atoms with Gasteiger partial charge in [-0.1, -0.05) is 0 Å². The van der Waals surface area contributed by atoms with Crippen LogP contribution in [0.25, 0.3) is 0 Å². The molecule has 0 saturated heterocycles. The fourth-order valence-electron chi connectivity index (χ4n) is 1.03. The summed E-state index contributed by atoms with van der Waals surface area (Å²) in [6.45, 7) is 0. The Hall–Kier alpha value is -1.93. The van der Waals surface area contributed by atoms with Crippen LogP contribution in [0.3, 0.4) is 0 Å². The topological polar surface area (TPSA) is 70.4 Å². The standard InChI is InChI=1S/C8H4F5NO3/c9-6(10)3-1-2(7(16)17)4(15)5(14-3)8(11,12)13/h1,6,15H,(H,16,17). The van der Waals surface area contributed by atoms with Crippen LogP contribution in [0, 0.1) is 0 Å². The maximum Gasteiger partial charge on any atom is 0.437 e. The zero-order valence-corrected chi connectivity index (χ0v) is 7.79. The molecule has 0 aromatic carbocycles. The second-order valence-corrected chi connectivity index (χ2v) is 2.90. The molecule has 2 N–H and O–H groups in total. The lowest BCUT2D eigenvalue weighted by atomic mass is 10.1. The molecule has 0 spiro atoms. The number of pyridine rings is 1. The Bertz CT molecular complexity index is 457. The predicted molar refractivity (Wildman–Crippen MR) is 42.8 cm³/mol. The van der Waals surface area contributed by atoms with Gasteiger partial charge in [-0.05, 0) is 6.07 Å². The van der Waals surface area contributed by atoms with Crippen LogP contribution in [-0.2, 0) is 6.18 Å². The van der Waals surface area contributed by atoms with Crippen molar-refractivity contribution >= 4 is 5.97 Å². The summed E-state index contributed by atoms with van der Waals surface area (Å²) in [6.07, 6.45) is -8.60. The third-order valence-electron chi connectivity index (χ3n) is 1.74. The number of carbonyl (C=O) groups is 1. The van der Waals surface area contributed by atoms with E-state index in [1.807, 2.05) is 0 Å². The number of rotatable bonds is 2. The molecule has 0 aliphatic rings. The van der Waals surface area contributed by atoms with Gasteiger partial charge in [-0.3, -0.25) is 0 Å². The highest BCUT2D eigenvalue weighted by Gasteiger charge is 2.39. The van der Waals surface area contributed by atoms with Crippen molar-refractivity contribution in [2.24, 2.45) is 0 Å². The number of nitrogens with zero attached hydrogens (tertiary/aromatic N) is 1. The second kappa shape index (κ2) is 4.15. The van der Waals surface area contributed by atoms with E-state index >= 15 is 0 Å². The quantitative estimate of drug-likeness (QED) is 0.798. The molecule has 0 aliphatic heterocycles. The van der Waals surface area contributed by atoms with Crippen molar-refractivity contribution in [1.82, 2.24) is 4.98 Å². The normalized spacial score (nSPS) is 11.9. The highest BCUT2D eigenvalue weighted by molar-refractivity contribution is 5.91. The zero-order chi connectivity index (χ0) is 13.4. The van der Waals surface area contributed by atoms with Gasteiger partial charge in [-0.2, -0.15) is 13.2 Å². The van der Waals surface area contributed by atoms with E-state index in [-0.39, 0.29) is 6.07 Å². The van der Waals surface area contributed by atoms with Gasteiger partial charge in [0.05, 0.1) is 0 Å². The molecule has 4 nitrogen and oxygen atoms in total. The molecule has 1 aromatic heterocycles. The van der Waals surface area contributed by atoms with Crippen LogP contribution in [0.5, 0.6) is 5.75 Å². The number of hydrogen-bond donors (Lipinski definition) is 2. The van der Waals surface area contributed by atoms with Gasteiger partial charge < -0.3 is 10.2 Å². The fraction of sp³-hybridized carbons (Fsp3) is 0.250. The molecule has 1 aromatic rings. The van der Waals surface area contributed by atoms with Crippen molar-refractivity contribution in [2.75, 3.05) is 0 Å². The molecule has 1 heterocycles. The number of halogens is 5. The largest absolute Gasteiger partial charge is 0.505 e. The molecular formula is C8H4F5NO3. The Balaban J connectivity index is 3.55. The minimum absolute atomic E-state index is 0.192. The van der Waals surface area contributed by atoms with Crippen molar-refractivity contribution in [2.45, 2.75) is 12.6 Å². The van der Waals surface area contributed by atoms with E-state index in [9.17, 15) is 26.7 Å². The summed E-state index contributed by atoms with van der Waals surface area (Å²) in [5.74, 6) is -3.65. The van der Waals surface area contributed by atoms with Crippen LogP contribution < -0.4 is 0 Å². The van der Waals surface area contributed by atoms with E-state index in [1.54, 1.807) is 0 Å². The van der Waals surface area contributed by atoms with Crippen LogP contribution in [-0.4, -0.2) is 21.2 Å². The van der Waals surface area contributed by atoms with Gasteiger partial charge in [0.15, 0.2) is 11.4 Å². The Morgan fingerprint density at radius 2 is 1.88 bits per heavy atom. The van der Waals surface area contributed by atoms with Crippen LogP contribution in [0.15, 0.2) is 6.07 Å². The third kappa shape index (κ3) is 2.60. The Morgan fingerprint density at radius 1 is 1.35 bits per heavy atom. The number of aromatic carboxylic acids is 1. The molecule has 0 bridgehead atoms. The van der Waals surface area contributed by atoms with E-state index in [4.69, 9.17) is 10.2 Å². The smallest absolute Gasteiger partial charge is 0.437 e. The Labute approximate surface area is 90.3 Å². The average Bonchev–Trinajstić information content (AvgIpc) is 2.15. The lowest BCUT2D eigenvalue weighted by Gasteiger charge is -2.11. The van der Waals surface area contributed by atoms with E-state index in [2.05, 4.69) is 4.98 Å². The van der Waals surface area contributed by atoms with E-state index < -0.39 is 41.3 Å². The summed E-state index contributed by atoms with van der Waals surface area (Å²) in [6, 6.07) is 0.192. The highest BCUT2D eigenvalue weighted by atomic mass is 19.4. The summed E-state index contributed by atoms with van der Waals surface area (Å²) in [4.78, 5) is 13.0. The molecule has 0 atom stereocenters. The summed E-state index contributed by atoms with van der Waals surface area (Å²) in [5.41, 5.74) is -4.69. The van der Waals surface area contributed by atoms with Crippen molar-refractivity contribution in [3.63, 3.8) is 0 Å². The van der Waals surface area contributed by atoms with E-state index in [0.29, 0.717) is 0 Å². The van der Waals surface area contributed by atoms with E-state index in [1.165, 1.54) is 0 Å². The lowest BCUT2D eigenvalue weighted by molar-refractivity contribution is -0.142. The van der Waals surface area contributed by atoms with Crippen molar-refractivity contribution in [3.05, 3.63) is 23.0 Å². The summed E-state index contributed by atoms with van der Waals surface area (Å²) < 4.78 is 61.2. The summed E-state index contributed by atoms with van der Waals surface area (Å²) in [5, 5.41) is 17.5. The Morgan fingerprint density at radius 3 is 2.24 bits per heavy atom. The van der Waals surface area contributed by atoms with Gasteiger partial charge in [-0.15, -0.1) is 0 Å². The van der Waals surface area contributed by atoms with Gasteiger partial charge in [0.1, 0.15) is 11.3 Å². The third-order valence-corrected chi connectivity index (χ3v) is 1.74. The van der Waals surface area contributed by atoms with Crippen molar-refractivity contribution < 1.29 is 37.0 Å². The highest BCUT2D eigenvalue weighted by Crippen LogP contribution is 2.37. The molecule has 0 aliphatic carbocycles. The van der Waals surface area contributed by atoms with Crippen LogP contribution >= 0.6 is 0 Å². The first-order valence-corrected chi connectivity index (χ1v) is 3.97.